The smallest absolute Gasteiger partial charge is 0.199 e. The number of benzene rings is 1. The van der Waals surface area contributed by atoms with Crippen molar-refractivity contribution in [1.29, 1.82) is 0 Å². The minimum atomic E-state index is -3.56. The summed E-state index contributed by atoms with van der Waals surface area (Å²) in [5, 5.41) is 0.315. The fourth-order valence-corrected chi connectivity index (χ4v) is 6.32. The molecule has 0 spiro atoms. The van der Waals surface area contributed by atoms with Crippen LogP contribution in [-0.4, -0.2) is 13.7 Å². The van der Waals surface area contributed by atoms with Gasteiger partial charge in [-0.3, -0.25) is 0 Å². The molecule has 110 valence electrons. The maximum atomic E-state index is 12.4. The summed E-state index contributed by atoms with van der Waals surface area (Å²) < 4.78 is 29.1. The molecule has 3 nitrogen and oxygen atoms in total. The van der Waals surface area contributed by atoms with Gasteiger partial charge < -0.3 is 0 Å². The third-order valence-corrected chi connectivity index (χ3v) is 7.93. The van der Waals surface area contributed by atoms with Crippen molar-refractivity contribution in [2.75, 3.05) is 0 Å². The zero-order valence-corrected chi connectivity index (χ0v) is 14.0. The van der Waals surface area contributed by atoms with Crippen LogP contribution in [0.3, 0.4) is 0 Å². The van der Waals surface area contributed by atoms with Crippen molar-refractivity contribution in [3.63, 3.8) is 0 Å². The zero-order chi connectivity index (χ0) is 14.9. The minimum absolute atomic E-state index is 0.290. The van der Waals surface area contributed by atoms with Gasteiger partial charge in [-0.25, -0.2) is 0 Å². The van der Waals surface area contributed by atoms with E-state index < -0.39 is 20.7 Å². The van der Waals surface area contributed by atoms with E-state index in [1.165, 1.54) is 0 Å². The summed E-state index contributed by atoms with van der Waals surface area (Å²) in [6, 6.07) is 6.89. The van der Waals surface area contributed by atoms with E-state index in [2.05, 4.69) is 23.7 Å². The van der Waals surface area contributed by atoms with Crippen molar-refractivity contribution in [3.8, 4) is 0 Å². The molecule has 2 atom stereocenters. The Balaban J connectivity index is 2.42. The molecule has 0 amide bonds. The predicted molar refractivity (Wildman–Crippen MR) is 85.2 cm³/mol. The van der Waals surface area contributed by atoms with Gasteiger partial charge >= 0.3 is 0 Å². The highest BCUT2D eigenvalue weighted by Gasteiger charge is 2.26. The SMILES string of the molecule is CC1=CCC(C(C)C)/S1=N/S(=O)(=O)c1ccc(C)cc1. The van der Waals surface area contributed by atoms with Crippen molar-refractivity contribution in [1.82, 2.24) is 0 Å². The standard InChI is InChI=1S/C15H21NO2S2/c1-11(2)15-10-7-13(4)19(15)16-20(17,18)14-8-5-12(3)6-9-14/h5-9,11,15H,10H2,1-4H3. The first kappa shape index (κ1) is 15.4. The second-order valence-electron chi connectivity index (χ2n) is 5.51. The molecule has 0 bridgehead atoms. The number of rotatable bonds is 3. The van der Waals surface area contributed by atoms with Gasteiger partial charge in [0, 0.05) is 5.25 Å². The number of hydrogen-bond donors (Lipinski definition) is 0. The molecule has 0 radical (unpaired) electrons. The van der Waals surface area contributed by atoms with E-state index in [0.29, 0.717) is 11.2 Å². The molecule has 1 heterocycles. The van der Waals surface area contributed by atoms with Gasteiger partial charge in [-0.1, -0.05) is 48.3 Å². The van der Waals surface area contributed by atoms with Gasteiger partial charge in [0.2, 0.25) is 0 Å². The quantitative estimate of drug-likeness (QED) is 0.852. The van der Waals surface area contributed by atoms with Crippen molar-refractivity contribution in [2.24, 2.45) is 9.69 Å². The van der Waals surface area contributed by atoms with Gasteiger partial charge in [0.1, 0.15) is 0 Å². The average molecular weight is 311 g/mol. The third-order valence-electron chi connectivity index (χ3n) is 3.50. The first-order valence-electron chi connectivity index (χ1n) is 6.76. The normalized spacial score (nSPS) is 23.4. The summed E-state index contributed by atoms with van der Waals surface area (Å²) in [4.78, 5) is 1.39. The third kappa shape index (κ3) is 3.20. The summed E-state index contributed by atoms with van der Waals surface area (Å²) in [7, 11) is -4.08. The van der Waals surface area contributed by atoms with Crippen LogP contribution in [-0.2, 0) is 20.7 Å². The lowest BCUT2D eigenvalue weighted by atomic mass is 10.1. The number of nitrogens with zero attached hydrogens (tertiary/aromatic N) is 1. The van der Waals surface area contributed by atoms with E-state index >= 15 is 0 Å². The van der Waals surface area contributed by atoms with E-state index in [4.69, 9.17) is 0 Å². The van der Waals surface area contributed by atoms with Gasteiger partial charge in [0.05, 0.1) is 4.90 Å². The molecule has 1 aromatic carbocycles. The number of allylic oxidation sites excluding steroid dienone is 2. The first-order chi connectivity index (χ1) is 9.31. The fraction of sp³-hybridized carbons (Fsp3) is 0.467. The van der Waals surface area contributed by atoms with Crippen LogP contribution in [0.4, 0.5) is 0 Å². The van der Waals surface area contributed by atoms with Crippen LogP contribution >= 0.6 is 0 Å². The molecule has 0 saturated heterocycles. The molecule has 0 aromatic heterocycles. The lowest BCUT2D eigenvalue weighted by molar-refractivity contribution is 0.597. The second kappa shape index (κ2) is 5.82. The number of aryl methyl sites for hydroxylation is 1. The Morgan fingerprint density at radius 1 is 1.20 bits per heavy atom. The first-order valence-corrected chi connectivity index (χ1v) is 9.44. The maximum absolute atomic E-state index is 12.4. The van der Waals surface area contributed by atoms with Gasteiger partial charge in [0.25, 0.3) is 10.0 Å². The molecule has 5 heteroatoms. The molecular formula is C15H21NO2S2. The highest BCUT2D eigenvalue weighted by Crippen LogP contribution is 2.30. The topological polar surface area (TPSA) is 46.5 Å². The highest BCUT2D eigenvalue weighted by molar-refractivity contribution is 8.02. The summed E-state index contributed by atoms with van der Waals surface area (Å²) in [6.45, 7) is 8.18. The van der Waals surface area contributed by atoms with Crippen LogP contribution in [0.15, 0.2) is 43.9 Å². The molecule has 0 N–H and O–H groups in total. The summed E-state index contributed by atoms with van der Waals surface area (Å²) in [5.41, 5.74) is 1.04. The molecule has 1 aliphatic rings. The molecule has 1 aliphatic heterocycles. The lowest BCUT2D eigenvalue weighted by Crippen LogP contribution is -2.18. The summed E-state index contributed by atoms with van der Waals surface area (Å²) >= 11 is 0. The van der Waals surface area contributed by atoms with Gasteiger partial charge in [-0.05, 0) is 43.2 Å². The molecule has 20 heavy (non-hydrogen) atoms. The monoisotopic (exact) mass is 311 g/mol. The van der Waals surface area contributed by atoms with E-state index in [0.717, 1.165) is 16.9 Å². The average Bonchev–Trinajstić information content (AvgIpc) is 2.71. The van der Waals surface area contributed by atoms with Gasteiger partial charge in [-0.2, -0.15) is 8.42 Å². The maximum Gasteiger partial charge on any atom is 0.288 e. The Kier molecular flexibility index (Phi) is 4.49. The lowest BCUT2D eigenvalue weighted by Gasteiger charge is -2.17. The highest BCUT2D eigenvalue weighted by atomic mass is 32.3. The second-order valence-corrected chi connectivity index (χ2v) is 9.41. The Morgan fingerprint density at radius 3 is 2.35 bits per heavy atom. The summed E-state index contributed by atoms with van der Waals surface area (Å²) in [6.07, 6.45) is 3.06. The van der Waals surface area contributed by atoms with Gasteiger partial charge in [0.15, 0.2) is 0 Å². The Labute approximate surface area is 124 Å². The fourth-order valence-electron chi connectivity index (χ4n) is 2.20. The molecule has 0 saturated carbocycles. The Morgan fingerprint density at radius 2 is 1.80 bits per heavy atom. The number of hydrogen-bond acceptors (Lipinski definition) is 2. The van der Waals surface area contributed by atoms with Crippen LogP contribution in [0.5, 0.6) is 0 Å². The van der Waals surface area contributed by atoms with Crippen molar-refractivity contribution in [2.45, 2.75) is 44.3 Å². The largest absolute Gasteiger partial charge is 0.288 e. The van der Waals surface area contributed by atoms with Crippen molar-refractivity contribution >= 4 is 20.7 Å². The van der Waals surface area contributed by atoms with Crippen LogP contribution in [0.2, 0.25) is 0 Å². The molecular weight excluding hydrogens is 290 g/mol. The molecule has 0 fully saturated rings. The van der Waals surface area contributed by atoms with E-state index in [1.54, 1.807) is 12.1 Å². The van der Waals surface area contributed by atoms with E-state index in [9.17, 15) is 8.42 Å². The molecule has 2 unspecified atom stereocenters. The molecule has 2 rings (SSSR count). The zero-order valence-electron chi connectivity index (χ0n) is 12.3. The van der Waals surface area contributed by atoms with Crippen LogP contribution in [0.25, 0.3) is 0 Å². The van der Waals surface area contributed by atoms with Crippen LogP contribution in [0, 0.1) is 12.8 Å². The molecule has 1 aromatic rings. The Hall–Kier alpha value is -0.940. The number of sulfonamides is 1. The van der Waals surface area contributed by atoms with Gasteiger partial charge in [-0.15, -0.1) is 3.77 Å². The van der Waals surface area contributed by atoms with E-state index in [-0.39, 0.29) is 4.90 Å². The van der Waals surface area contributed by atoms with Crippen molar-refractivity contribution in [3.05, 3.63) is 40.8 Å². The predicted octanol–water partition coefficient (Wildman–Crippen LogP) is 3.82. The Bertz CT molecular complexity index is 656. The summed E-state index contributed by atoms with van der Waals surface area (Å²) in [5.74, 6) is 0.434. The van der Waals surface area contributed by atoms with Crippen LogP contribution < -0.4 is 0 Å². The molecule has 0 aliphatic carbocycles. The van der Waals surface area contributed by atoms with Crippen molar-refractivity contribution < 1.29 is 8.42 Å². The van der Waals surface area contributed by atoms with Crippen LogP contribution in [0.1, 0.15) is 32.8 Å². The van der Waals surface area contributed by atoms with E-state index in [1.807, 2.05) is 26.0 Å². The minimum Gasteiger partial charge on any atom is -0.199 e.